The molecule has 102 valence electrons. The molecular weight excluding hydrogens is 236 g/mol. The van der Waals surface area contributed by atoms with Crippen LogP contribution in [0.2, 0.25) is 0 Å². The molecule has 1 rings (SSSR count). The zero-order chi connectivity index (χ0) is 14.4. The van der Waals surface area contributed by atoms with E-state index in [0.29, 0.717) is 17.6 Å². The van der Waals surface area contributed by atoms with E-state index in [1.54, 1.807) is 6.92 Å². The van der Waals surface area contributed by atoms with Crippen molar-refractivity contribution in [3.05, 3.63) is 46.6 Å². The summed E-state index contributed by atoms with van der Waals surface area (Å²) in [5, 5.41) is 0. The predicted octanol–water partition coefficient (Wildman–Crippen LogP) is 4.09. The Hall–Kier alpha value is -1.70. The molecule has 19 heavy (non-hydrogen) atoms. The van der Waals surface area contributed by atoms with Crippen molar-refractivity contribution in [2.45, 2.75) is 47.0 Å². The van der Waals surface area contributed by atoms with Gasteiger partial charge in [-0.1, -0.05) is 23.3 Å². The molecule has 0 saturated carbocycles. The lowest BCUT2D eigenvalue weighted by molar-refractivity contribution is -0.115. The Morgan fingerprint density at radius 2 is 1.74 bits per heavy atom. The Kier molecular flexibility index (Phi) is 5.68. The number of rotatable bonds is 5. The Balaban J connectivity index is 2.56. The fourth-order valence-electron chi connectivity index (χ4n) is 1.84. The van der Waals surface area contributed by atoms with Crippen LogP contribution >= 0.6 is 0 Å². The van der Waals surface area contributed by atoms with Crippen LogP contribution in [-0.4, -0.2) is 11.6 Å². The zero-order valence-corrected chi connectivity index (χ0v) is 12.2. The Bertz CT molecular complexity index is 495. The first-order valence-electron chi connectivity index (χ1n) is 6.66. The van der Waals surface area contributed by atoms with Crippen LogP contribution in [-0.2, 0) is 9.59 Å². The molecule has 0 aliphatic heterocycles. The molecule has 0 bridgehead atoms. The van der Waals surface area contributed by atoms with Crippen LogP contribution in [0.25, 0.3) is 0 Å². The van der Waals surface area contributed by atoms with Gasteiger partial charge in [0.2, 0.25) is 0 Å². The Morgan fingerprint density at radius 3 is 2.37 bits per heavy atom. The standard InChI is InChI=1S/C17H22O2/c1-12(2)6-5-7-13(3)8-9-15-11-16(18)14(4)10-17(15)19/h6,8,10-11H,5,7,9H2,1-4H3. The summed E-state index contributed by atoms with van der Waals surface area (Å²) < 4.78 is 0. The molecule has 2 heteroatoms. The lowest BCUT2D eigenvalue weighted by atomic mass is 9.95. The summed E-state index contributed by atoms with van der Waals surface area (Å²) in [6.45, 7) is 7.92. The number of hydrogen-bond donors (Lipinski definition) is 0. The van der Waals surface area contributed by atoms with Crippen LogP contribution in [0.15, 0.2) is 46.6 Å². The molecule has 0 aromatic heterocycles. The second-order valence-electron chi connectivity index (χ2n) is 5.30. The first-order valence-corrected chi connectivity index (χ1v) is 6.66. The summed E-state index contributed by atoms with van der Waals surface area (Å²) in [5.41, 5.74) is 3.70. The molecule has 0 radical (unpaired) electrons. The third-order valence-electron chi connectivity index (χ3n) is 3.12. The third-order valence-corrected chi connectivity index (χ3v) is 3.12. The van der Waals surface area contributed by atoms with Gasteiger partial charge in [0.1, 0.15) is 0 Å². The van der Waals surface area contributed by atoms with Crippen molar-refractivity contribution in [3.63, 3.8) is 0 Å². The lowest BCUT2D eigenvalue weighted by Crippen LogP contribution is -2.11. The topological polar surface area (TPSA) is 34.1 Å². The van der Waals surface area contributed by atoms with Gasteiger partial charge in [0.05, 0.1) is 0 Å². The molecule has 0 amide bonds. The number of ketones is 2. The molecule has 0 unspecified atom stereocenters. The maximum Gasteiger partial charge on any atom is 0.182 e. The van der Waals surface area contributed by atoms with Crippen molar-refractivity contribution in [3.8, 4) is 0 Å². The quantitative estimate of drug-likeness (QED) is 0.549. The molecule has 0 spiro atoms. The summed E-state index contributed by atoms with van der Waals surface area (Å²) in [5.74, 6) is -0.0874. The minimum absolute atomic E-state index is 0.0366. The summed E-state index contributed by atoms with van der Waals surface area (Å²) >= 11 is 0. The second-order valence-corrected chi connectivity index (χ2v) is 5.30. The maximum absolute atomic E-state index is 11.7. The monoisotopic (exact) mass is 258 g/mol. The first-order chi connectivity index (χ1) is 8.90. The molecule has 0 fully saturated rings. The Morgan fingerprint density at radius 1 is 1.05 bits per heavy atom. The molecule has 1 aliphatic rings. The van der Waals surface area contributed by atoms with Gasteiger partial charge in [-0.3, -0.25) is 9.59 Å². The van der Waals surface area contributed by atoms with E-state index in [0.717, 1.165) is 12.8 Å². The largest absolute Gasteiger partial charge is 0.290 e. The normalized spacial score (nSPS) is 16.1. The van der Waals surface area contributed by atoms with Crippen LogP contribution in [0, 0.1) is 0 Å². The summed E-state index contributed by atoms with van der Waals surface area (Å²) in [7, 11) is 0. The molecule has 0 aromatic carbocycles. The van der Waals surface area contributed by atoms with E-state index in [2.05, 4.69) is 26.8 Å². The molecule has 1 aliphatic carbocycles. The first kappa shape index (κ1) is 15.4. The smallest absolute Gasteiger partial charge is 0.182 e. The zero-order valence-electron chi connectivity index (χ0n) is 12.2. The van der Waals surface area contributed by atoms with E-state index in [1.807, 2.05) is 6.08 Å². The van der Waals surface area contributed by atoms with E-state index < -0.39 is 0 Å². The fraction of sp³-hybridized carbons (Fsp3) is 0.412. The van der Waals surface area contributed by atoms with Crippen molar-refractivity contribution in [1.29, 1.82) is 0 Å². The molecule has 0 saturated heterocycles. The number of carbonyl (C=O) groups is 2. The van der Waals surface area contributed by atoms with E-state index in [-0.39, 0.29) is 11.6 Å². The minimum atomic E-state index is -0.0507. The lowest BCUT2D eigenvalue weighted by Gasteiger charge is -2.08. The molecular formula is C17H22O2. The van der Waals surface area contributed by atoms with Crippen molar-refractivity contribution >= 4 is 11.6 Å². The van der Waals surface area contributed by atoms with Crippen molar-refractivity contribution < 1.29 is 9.59 Å². The van der Waals surface area contributed by atoms with Crippen molar-refractivity contribution in [2.75, 3.05) is 0 Å². The van der Waals surface area contributed by atoms with Crippen LogP contribution in [0.1, 0.15) is 47.0 Å². The van der Waals surface area contributed by atoms with Gasteiger partial charge in [0.15, 0.2) is 11.6 Å². The highest BCUT2D eigenvalue weighted by Crippen LogP contribution is 2.17. The van der Waals surface area contributed by atoms with Gasteiger partial charge in [-0.05, 0) is 59.1 Å². The number of carbonyl (C=O) groups excluding carboxylic acids is 2. The van der Waals surface area contributed by atoms with E-state index in [9.17, 15) is 9.59 Å². The van der Waals surface area contributed by atoms with E-state index in [4.69, 9.17) is 0 Å². The molecule has 0 N–H and O–H groups in total. The second kappa shape index (κ2) is 7.03. The van der Waals surface area contributed by atoms with E-state index >= 15 is 0 Å². The van der Waals surface area contributed by atoms with E-state index in [1.165, 1.54) is 23.3 Å². The minimum Gasteiger partial charge on any atom is -0.290 e. The van der Waals surface area contributed by atoms with Gasteiger partial charge >= 0.3 is 0 Å². The molecule has 0 atom stereocenters. The van der Waals surface area contributed by atoms with Gasteiger partial charge in [-0.25, -0.2) is 0 Å². The van der Waals surface area contributed by atoms with Crippen molar-refractivity contribution in [2.24, 2.45) is 0 Å². The van der Waals surface area contributed by atoms with Crippen LogP contribution in [0.5, 0.6) is 0 Å². The molecule has 0 heterocycles. The highest BCUT2D eigenvalue weighted by atomic mass is 16.1. The highest BCUT2D eigenvalue weighted by molar-refractivity contribution is 6.19. The fourth-order valence-corrected chi connectivity index (χ4v) is 1.84. The van der Waals surface area contributed by atoms with Gasteiger partial charge in [-0.2, -0.15) is 0 Å². The number of allylic oxidation sites excluding steroid dienone is 8. The van der Waals surface area contributed by atoms with Gasteiger partial charge in [0, 0.05) is 11.1 Å². The van der Waals surface area contributed by atoms with Gasteiger partial charge < -0.3 is 0 Å². The number of hydrogen-bond acceptors (Lipinski definition) is 2. The highest BCUT2D eigenvalue weighted by Gasteiger charge is 2.16. The summed E-state index contributed by atoms with van der Waals surface area (Å²) in [4.78, 5) is 23.2. The Labute approximate surface area is 115 Å². The van der Waals surface area contributed by atoms with Gasteiger partial charge in [0.25, 0.3) is 0 Å². The van der Waals surface area contributed by atoms with Crippen LogP contribution in [0.3, 0.4) is 0 Å². The summed E-state index contributed by atoms with van der Waals surface area (Å²) in [6.07, 6.45) is 9.73. The SMILES string of the molecule is CC(C)=CCCC(C)=CCC1=CC(=O)C(C)=CC1=O. The predicted molar refractivity (Wildman–Crippen MR) is 78.9 cm³/mol. The average molecular weight is 258 g/mol. The van der Waals surface area contributed by atoms with Crippen molar-refractivity contribution in [1.82, 2.24) is 0 Å². The maximum atomic E-state index is 11.7. The molecule has 2 nitrogen and oxygen atoms in total. The average Bonchev–Trinajstić information content (AvgIpc) is 2.31. The van der Waals surface area contributed by atoms with Crippen LogP contribution in [0.4, 0.5) is 0 Å². The summed E-state index contributed by atoms with van der Waals surface area (Å²) in [6, 6.07) is 0. The molecule has 0 aromatic rings. The van der Waals surface area contributed by atoms with Gasteiger partial charge in [-0.15, -0.1) is 0 Å². The third kappa shape index (κ3) is 5.21. The van der Waals surface area contributed by atoms with Crippen LogP contribution < -0.4 is 0 Å².